The number of pyridine rings is 1. The lowest BCUT2D eigenvalue weighted by molar-refractivity contribution is 0.275. The van der Waals surface area contributed by atoms with E-state index in [1.54, 1.807) is 6.20 Å². The molecule has 2 aromatic rings. The summed E-state index contributed by atoms with van der Waals surface area (Å²) in [5.74, 6) is 2.29. The fraction of sp³-hybridized carbons (Fsp3) is 0.538. The molecule has 0 aliphatic carbocycles. The quantitative estimate of drug-likeness (QED) is 0.923. The maximum absolute atomic E-state index is 9.24. The van der Waals surface area contributed by atoms with Gasteiger partial charge in [-0.15, -0.1) is 0 Å². The van der Waals surface area contributed by atoms with Crippen LogP contribution in [-0.4, -0.2) is 32.0 Å². The molecule has 4 nitrogen and oxygen atoms in total. The molecule has 0 radical (unpaired) electrons. The summed E-state index contributed by atoms with van der Waals surface area (Å²) in [6.07, 6.45) is 5.54. The maximum atomic E-state index is 9.24. The summed E-state index contributed by atoms with van der Waals surface area (Å²) in [5, 5.41) is 9.70. The number of hydrogen-bond acceptors (Lipinski definition) is 4. The van der Waals surface area contributed by atoms with Crippen molar-refractivity contribution >= 4 is 22.9 Å². The highest BCUT2D eigenvalue weighted by molar-refractivity contribution is 7.99. The zero-order valence-corrected chi connectivity index (χ0v) is 11.1. The molecule has 1 fully saturated rings. The van der Waals surface area contributed by atoms with Gasteiger partial charge in [0, 0.05) is 12.7 Å². The van der Waals surface area contributed by atoms with Crippen LogP contribution >= 0.6 is 11.8 Å². The van der Waals surface area contributed by atoms with Crippen LogP contribution in [0.25, 0.3) is 11.2 Å². The number of nitrogens with zero attached hydrogens (tertiary/aromatic N) is 3. The highest BCUT2D eigenvalue weighted by atomic mass is 32.2. The Morgan fingerprint density at radius 2 is 2.39 bits per heavy atom. The normalized spacial score (nSPS) is 20.4. The molecule has 1 atom stereocenters. The molecule has 0 amide bonds. The first kappa shape index (κ1) is 12.0. The topological polar surface area (TPSA) is 50.9 Å². The Kier molecular flexibility index (Phi) is 3.52. The van der Waals surface area contributed by atoms with E-state index in [0.29, 0.717) is 11.8 Å². The average Bonchev–Trinajstić information content (AvgIpc) is 2.80. The Bertz CT molecular complexity index is 534. The zero-order chi connectivity index (χ0) is 12.4. The monoisotopic (exact) mass is 263 g/mol. The lowest BCUT2D eigenvalue weighted by atomic mass is 10.2. The third-order valence-corrected chi connectivity index (χ3v) is 4.70. The van der Waals surface area contributed by atoms with E-state index in [2.05, 4.69) is 9.55 Å². The highest BCUT2D eigenvalue weighted by Crippen LogP contribution is 2.38. The van der Waals surface area contributed by atoms with Gasteiger partial charge in [-0.1, -0.05) is 6.42 Å². The van der Waals surface area contributed by atoms with Gasteiger partial charge in [0.25, 0.3) is 0 Å². The lowest BCUT2D eigenvalue weighted by Crippen LogP contribution is -2.12. The van der Waals surface area contributed by atoms with Gasteiger partial charge in [0.2, 0.25) is 0 Å². The first-order chi connectivity index (χ1) is 8.90. The largest absolute Gasteiger partial charge is 0.395 e. The van der Waals surface area contributed by atoms with Crippen LogP contribution in [0.5, 0.6) is 0 Å². The lowest BCUT2D eigenvalue weighted by Gasteiger charge is -2.21. The summed E-state index contributed by atoms with van der Waals surface area (Å²) >= 11 is 1.98. The van der Waals surface area contributed by atoms with Crippen LogP contribution in [0.2, 0.25) is 0 Å². The first-order valence-corrected chi connectivity index (χ1v) is 7.48. The van der Waals surface area contributed by atoms with Gasteiger partial charge in [-0.3, -0.25) is 0 Å². The molecule has 2 aromatic heterocycles. The number of fused-ring (bicyclic) bond motifs is 1. The van der Waals surface area contributed by atoms with Crippen LogP contribution in [0.4, 0.5) is 0 Å². The van der Waals surface area contributed by atoms with E-state index in [9.17, 15) is 5.11 Å². The molecule has 1 aliphatic heterocycles. The number of aromatic nitrogens is 3. The number of rotatable bonds is 3. The molecule has 0 bridgehead atoms. The molecule has 3 heterocycles. The van der Waals surface area contributed by atoms with Crippen molar-refractivity contribution in [3.05, 3.63) is 24.2 Å². The minimum absolute atomic E-state index is 0.131. The molecule has 0 spiro atoms. The Balaban J connectivity index is 2.05. The van der Waals surface area contributed by atoms with Gasteiger partial charge in [-0.2, -0.15) is 11.8 Å². The van der Waals surface area contributed by atoms with E-state index in [0.717, 1.165) is 17.0 Å². The molecule has 5 heteroatoms. The van der Waals surface area contributed by atoms with E-state index in [1.165, 1.54) is 25.0 Å². The van der Waals surface area contributed by atoms with E-state index >= 15 is 0 Å². The minimum atomic E-state index is 0.131. The van der Waals surface area contributed by atoms with E-state index in [4.69, 9.17) is 4.98 Å². The summed E-state index contributed by atoms with van der Waals surface area (Å²) < 4.78 is 2.08. The van der Waals surface area contributed by atoms with Crippen LogP contribution in [0, 0.1) is 0 Å². The van der Waals surface area contributed by atoms with Crippen molar-refractivity contribution in [1.82, 2.24) is 14.5 Å². The number of hydrogen-bond donors (Lipinski definition) is 1. The molecule has 1 unspecified atom stereocenters. The van der Waals surface area contributed by atoms with E-state index in [-0.39, 0.29) is 6.61 Å². The van der Waals surface area contributed by atoms with Gasteiger partial charge in [0.15, 0.2) is 5.65 Å². The van der Waals surface area contributed by atoms with E-state index < -0.39 is 0 Å². The molecule has 1 N–H and O–H groups in total. The summed E-state index contributed by atoms with van der Waals surface area (Å²) in [7, 11) is 0. The Hall–Kier alpha value is -1.07. The van der Waals surface area contributed by atoms with Crippen LogP contribution in [0.3, 0.4) is 0 Å². The van der Waals surface area contributed by atoms with Crippen LogP contribution in [0.1, 0.15) is 30.3 Å². The molecule has 3 rings (SSSR count). The van der Waals surface area contributed by atoms with Crippen LogP contribution in [-0.2, 0) is 6.54 Å². The van der Waals surface area contributed by atoms with Crippen LogP contribution < -0.4 is 0 Å². The zero-order valence-electron chi connectivity index (χ0n) is 10.2. The fourth-order valence-electron chi connectivity index (χ4n) is 2.49. The summed E-state index contributed by atoms with van der Waals surface area (Å²) in [4.78, 5) is 9.12. The number of imidazole rings is 1. The second-order valence-electron chi connectivity index (χ2n) is 4.55. The second kappa shape index (κ2) is 5.28. The molecule has 0 saturated carbocycles. The van der Waals surface area contributed by atoms with E-state index in [1.807, 2.05) is 23.9 Å². The predicted octanol–water partition coefficient (Wildman–Crippen LogP) is 2.38. The van der Waals surface area contributed by atoms with Gasteiger partial charge in [0.05, 0.1) is 11.9 Å². The van der Waals surface area contributed by atoms with Crippen molar-refractivity contribution in [1.29, 1.82) is 0 Å². The number of aliphatic hydroxyl groups excluding tert-OH is 1. The smallest absolute Gasteiger partial charge is 0.160 e. The Morgan fingerprint density at radius 1 is 1.44 bits per heavy atom. The summed E-state index contributed by atoms with van der Waals surface area (Å²) in [6, 6.07) is 3.91. The minimum Gasteiger partial charge on any atom is -0.395 e. The van der Waals surface area contributed by atoms with Crippen LogP contribution in [0.15, 0.2) is 18.3 Å². The molecule has 96 valence electrons. The SMILES string of the molecule is OCCn1c(C2CCCCS2)nc2cccnc21. The van der Waals surface area contributed by atoms with Gasteiger partial charge in [-0.05, 0) is 30.7 Å². The molecular weight excluding hydrogens is 246 g/mol. The van der Waals surface area contributed by atoms with Crippen molar-refractivity contribution in [2.24, 2.45) is 0 Å². The molecule has 0 aromatic carbocycles. The van der Waals surface area contributed by atoms with Crippen molar-refractivity contribution in [2.45, 2.75) is 31.1 Å². The molecule has 1 saturated heterocycles. The van der Waals surface area contributed by atoms with Crippen molar-refractivity contribution in [3.8, 4) is 0 Å². The fourth-order valence-corrected chi connectivity index (χ4v) is 3.80. The Morgan fingerprint density at radius 3 is 3.17 bits per heavy atom. The second-order valence-corrected chi connectivity index (χ2v) is 5.86. The van der Waals surface area contributed by atoms with Crippen molar-refractivity contribution < 1.29 is 5.11 Å². The molecule has 1 aliphatic rings. The third-order valence-electron chi connectivity index (χ3n) is 3.32. The highest BCUT2D eigenvalue weighted by Gasteiger charge is 2.23. The summed E-state index contributed by atoms with van der Waals surface area (Å²) in [6.45, 7) is 0.715. The first-order valence-electron chi connectivity index (χ1n) is 6.44. The summed E-state index contributed by atoms with van der Waals surface area (Å²) in [5.41, 5.74) is 1.83. The van der Waals surface area contributed by atoms with Gasteiger partial charge in [0.1, 0.15) is 11.3 Å². The van der Waals surface area contributed by atoms with Crippen molar-refractivity contribution in [3.63, 3.8) is 0 Å². The van der Waals surface area contributed by atoms with Gasteiger partial charge < -0.3 is 9.67 Å². The average molecular weight is 263 g/mol. The standard InChI is InChI=1S/C13H17N3OS/c17-8-7-16-12-10(4-3-6-14-12)15-13(16)11-5-1-2-9-18-11/h3-4,6,11,17H,1-2,5,7-9H2. The maximum Gasteiger partial charge on any atom is 0.160 e. The van der Waals surface area contributed by atoms with Gasteiger partial charge >= 0.3 is 0 Å². The van der Waals surface area contributed by atoms with Crippen molar-refractivity contribution in [2.75, 3.05) is 12.4 Å². The number of aliphatic hydroxyl groups is 1. The third kappa shape index (κ3) is 2.12. The Labute approximate surface area is 110 Å². The molecular formula is C13H17N3OS. The number of thioether (sulfide) groups is 1. The molecule has 18 heavy (non-hydrogen) atoms. The van der Waals surface area contributed by atoms with Gasteiger partial charge in [-0.25, -0.2) is 9.97 Å². The predicted molar refractivity (Wildman–Crippen MR) is 73.7 cm³/mol.